The quantitative estimate of drug-likeness (QED) is 0.656. The van der Waals surface area contributed by atoms with Crippen molar-refractivity contribution in [3.63, 3.8) is 0 Å². The number of rotatable bonds is 2. The summed E-state index contributed by atoms with van der Waals surface area (Å²) >= 11 is 6.14. The Kier molecular flexibility index (Phi) is 3.52. The van der Waals surface area contributed by atoms with Crippen LogP contribution in [-0.2, 0) is 10.5 Å². The number of hydrogen-bond acceptors (Lipinski definition) is 3. The molecule has 1 spiro atoms. The standard InChI is InChI=1S/C21H15ClFN3O2/c22-16-8-4-3-7-15(16)20(23)11-21(12-20)18(27)26(19(28)25-21)17-10-24-9-13-5-1-2-6-14(13)17/h1-10H,11-12H2,(H,25,28). The minimum Gasteiger partial charge on any atom is -0.322 e. The Balaban J connectivity index is 1.50. The van der Waals surface area contributed by atoms with Crippen LogP contribution in [0.5, 0.6) is 0 Å². The zero-order valence-corrected chi connectivity index (χ0v) is 15.4. The smallest absolute Gasteiger partial charge is 0.322 e. The summed E-state index contributed by atoms with van der Waals surface area (Å²) in [5.74, 6) is -0.462. The fourth-order valence-corrected chi connectivity index (χ4v) is 4.58. The maximum absolute atomic E-state index is 15.5. The summed E-state index contributed by atoms with van der Waals surface area (Å²) in [6.07, 6.45) is 2.85. The molecule has 0 bridgehead atoms. The lowest BCUT2D eigenvalue weighted by Crippen LogP contribution is -2.62. The van der Waals surface area contributed by atoms with Gasteiger partial charge in [-0.2, -0.15) is 0 Å². The van der Waals surface area contributed by atoms with E-state index in [1.165, 1.54) is 6.20 Å². The molecule has 3 aromatic rings. The summed E-state index contributed by atoms with van der Waals surface area (Å²) in [6, 6.07) is 13.5. The maximum atomic E-state index is 15.5. The van der Waals surface area contributed by atoms with E-state index in [9.17, 15) is 9.59 Å². The van der Waals surface area contributed by atoms with Crippen LogP contribution in [0, 0.1) is 0 Å². The molecule has 28 heavy (non-hydrogen) atoms. The van der Waals surface area contributed by atoms with Gasteiger partial charge in [-0.25, -0.2) is 14.1 Å². The Bertz CT molecular complexity index is 1140. The van der Waals surface area contributed by atoms with Crippen LogP contribution in [0.25, 0.3) is 10.8 Å². The number of imide groups is 1. The number of aromatic nitrogens is 1. The van der Waals surface area contributed by atoms with Gasteiger partial charge in [0.15, 0.2) is 0 Å². The molecule has 5 rings (SSSR count). The van der Waals surface area contributed by atoms with Crippen molar-refractivity contribution < 1.29 is 14.0 Å². The lowest BCUT2D eigenvalue weighted by atomic mass is 9.63. The molecular formula is C21H15ClFN3O2. The van der Waals surface area contributed by atoms with Crippen molar-refractivity contribution >= 4 is 40.0 Å². The second kappa shape index (κ2) is 5.75. The molecule has 1 aliphatic heterocycles. The minimum atomic E-state index is -1.76. The van der Waals surface area contributed by atoms with E-state index in [4.69, 9.17) is 11.6 Å². The van der Waals surface area contributed by atoms with Gasteiger partial charge in [-0.1, -0.05) is 54.1 Å². The molecule has 1 saturated carbocycles. The zero-order valence-electron chi connectivity index (χ0n) is 14.7. The molecule has 1 aromatic heterocycles. The zero-order chi connectivity index (χ0) is 19.5. The van der Waals surface area contributed by atoms with E-state index in [-0.39, 0.29) is 12.8 Å². The summed E-state index contributed by atoms with van der Waals surface area (Å²) in [5.41, 5.74) is -2.28. The average molecular weight is 396 g/mol. The number of hydrogen-bond donors (Lipinski definition) is 1. The molecule has 0 atom stereocenters. The number of benzene rings is 2. The predicted molar refractivity (Wildman–Crippen MR) is 104 cm³/mol. The fraction of sp³-hybridized carbons (Fsp3) is 0.190. The second-order valence-corrected chi connectivity index (χ2v) is 7.74. The van der Waals surface area contributed by atoms with E-state index in [2.05, 4.69) is 10.3 Å². The van der Waals surface area contributed by atoms with E-state index >= 15 is 4.39 Å². The lowest BCUT2D eigenvalue weighted by Gasteiger charge is -2.47. The predicted octanol–water partition coefficient (Wildman–Crippen LogP) is 4.34. The molecule has 5 nitrogen and oxygen atoms in total. The molecule has 3 amide bonds. The molecule has 7 heteroatoms. The number of alkyl halides is 1. The van der Waals surface area contributed by atoms with Crippen LogP contribution in [0.3, 0.4) is 0 Å². The van der Waals surface area contributed by atoms with E-state index in [1.54, 1.807) is 30.5 Å². The number of pyridine rings is 1. The molecule has 0 unspecified atom stereocenters. The van der Waals surface area contributed by atoms with Crippen molar-refractivity contribution in [1.29, 1.82) is 0 Å². The number of fused-ring (bicyclic) bond motifs is 1. The van der Waals surface area contributed by atoms with Crippen molar-refractivity contribution in [2.75, 3.05) is 4.90 Å². The monoisotopic (exact) mass is 395 g/mol. The number of nitrogens with one attached hydrogen (secondary N) is 1. The lowest BCUT2D eigenvalue weighted by molar-refractivity contribution is -0.133. The van der Waals surface area contributed by atoms with E-state index in [0.717, 1.165) is 15.7 Å². The number of amides is 3. The SMILES string of the molecule is O=C1NC2(CC(F)(c3ccccc3Cl)C2)C(=O)N1c1cncc2ccccc12. The van der Waals surface area contributed by atoms with E-state index in [1.807, 2.05) is 24.3 Å². The molecule has 2 aliphatic rings. The number of carbonyl (C=O) groups excluding carboxylic acids is 2. The normalized spacial score (nSPS) is 26.6. The van der Waals surface area contributed by atoms with Crippen molar-refractivity contribution in [1.82, 2.24) is 10.3 Å². The van der Waals surface area contributed by atoms with Gasteiger partial charge >= 0.3 is 6.03 Å². The number of nitrogens with zero attached hydrogens (tertiary/aromatic N) is 2. The molecule has 140 valence electrons. The maximum Gasteiger partial charge on any atom is 0.329 e. The number of carbonyl (C=O) groups is 2. The average Bonchev–Trinajstić information content (AvgIpc) is 2.91. The molecule has 1 saturated heterocycles. The molecule has 0 radical (unpaired) electrons. The van der Waals surface area contributed by atoms with Gasteiger partial charge in [0.25, 0.3) is 5.91 Å². The largest absolute Gasteiger partial charge is 0.329 e. The van der Waals surface area contributed by atoms with Crippen LogP contribution < -0.4 is 10.2 Å². The van der Waals surface area contributed by atoms with Crippen LogP contribution in [0.4, 0.5) is 14.9 Å². The van der Waals surface area contributed by atoms with Crippen LogP contribution in [0.15, 0.2) is 60.9 Å². The van der Waals surface area contributed by atoms with Crippen molar-refractivity contribution in [3.05, 3.63) is 71.5 Å². The molecule has 2 fully saturated rings. The van der Waals surface area contributed by atoms with Crippen molar-refractivity contribution in [2.24, 2.45) is 0 Å². The highest BCUT2D eigenvalue weighted by molar-refractivity contribution is 6.31. The van der Waals surface area contributed by atoms with Crippen molar-refractivity contribution in [2.45, 2.75) is 24.0 Å². The first-order valence-electron chi connectivity index (χ1n) is 8.87. The van der Waals surface area contributed by atoms with Crippen LogP contribution in [0.1, 0.15) is 18.4 Å². The molecule has 2 aromatic carbocycles. The van der Waals surface area contributed by atoms with Gasteiger partial charge in [0.2, 0.25) is 0 Å². The summed E-state index contributed by atoms with van der Waals surface area (Å²) in [6.45, 7) is 0. The fourth-order valence-electron chi connectivity index (χ4n) is 4.28. The Hall–Kier alpha value is -2.99. The van der Waals surface area contributed by atoms with E-state index < -0.39 is 23.1 Å². The third kappa shape index (κ3) is 2.27. The first-order valence-corrected chi connectivity index (χ1v) is 9.25. The summed E-state index contributed by atoms with van der Waals surface area (Å²) < 4.78 is 15.5. The van der Waals surface area contributed by atoms with Gasteiger partial charge in [-0.05, 0) is 6.07 Å². The topological polar surface area (TPSA) is 62.3 Å². The number of urea groups is 1. The van der Waals surface area contributed by atoms with Crippen LogP contribution in [0.2, 0.25) is 5.02 Å². The summed E-state index contributed by atoms with van der Waals surface area (Å²) in [5, 5.41) is 4.56. The first kappa shape index (κ1) is 17.1. The highest BCUT2D eigenvalue weighted by Crippen LogP contribution is 2.55. The highest BCUT2D eigenvalue weighted by Gasteiger charge is 2.66. The Morgan fingerprint density at radius 1 is 1.04 bits per heavy atom. The molecule has 1 N–H and O–H groups in total. The first-order chi connectivity index (χ1) is 13.4. The molecule has 1 aliphatic carbocycles. The van der Waals surface area contributed by atoms with Gasteiger partial charge < -0.3 is 5.32 Å². The van der Waals surface area contributed by atoms with Gasteiger partial charge in [0, 0.05) is 40.4 Å². The number of anilines is 1. The van der Waals surface area contributed by atoms with E-state index in [0.29, 0.717) is 16.3 Å². The third-order valence-electron chi connectivity index (χ3n) is 5.57. The Labute approximate surface area is 165 Å². The van der Waals surface area contributed by atoms with Crippen molar-refractivity contribution in [3.8, 4) is 0 Å². The van der Waals surface area contributed by atoms with Crippen LogP contribution >= 0.6 is 11.6 Å². The van der Waals surface area contributed by atoms with Gasteiger partial charge in [-0.3, -0.25) is 9.78 Å². The van der Waals surface area contributed by atoms with Gasteiger partial charge in [-0.15, -0.1) is 0 Å². The Morgan fingerprint density at radius 2 is 1.75 bits per heavy atom. The van der Waals surface area contributed by atoms with Gasteiger partial charge in [0.05, 0.1) is 11.9 Å². The summed E-state index contributed by atoms with van der Waals surface area (Å²) in [4.78, 5) is 31.1. The highest BCUT2D eigenvalue weighted by atomic mass is 35.5. The minimum absolute atomic E-state index is 0.150. The van der Waals surface area contributed by atoms with Gasteiger partial charge in [0.1, 0.15) is 11.2 Å². The number of halogens is 2. The Morgan fingerprint density at radius 3 is 2.54 bits per heavy atom. The second-order valence-electron chi connectivity index (χ2n) is 7.33. The third-order valence-corrected chi connectivity index (χ3v) is 5.90. The van der Waals surface area contributed by atoms with Crippen LogP contribution in [-0.4, -0.2) is 22.5 Å². The summed E-state index contributed by atoms with van der Waals surface area (Å²) in [7, 11) is 0. The molecular weight excluding hydrogens is 381 g/mol. The molecule has 2 heterocycles.